The van der Waals surface area contributed by atoms with Gasteiger partial charge >= 0.3 is 0 Å². The highest BCUT2D eigenvalue weighted by Crippen LogP contribution is 2.20. The van der Waals surface area contributed by atoms with E-state index in [1.807, 2.05) is 67.9 Å². The molecule has 3 heterocycles. The Morgan fingerprint density at radius 2 is 1.66 bits per heavy atom. The number of hydrogen-bond acceptors (Lipinski definition) is 6. The van der Waals surface area contributed by atoms with Crippen molar-refractivity contribution < 1.29 is 14.3 Å². The van der Waals surface area contributed by atoms with E-state index in [9.17, 15) is 9.59 Å². The van der Waals surface area contributed by atoms with Gasteiger partial charge in [0, 0.05) is 43.5 Å². The Kier molecular flexibility index (Phi) is 8.66. The van der Waals surface area contributed by atoms with Crippen LogP contribution in [0.25, 0.3) is 11.0 Å². The molecule has 0 aliphatic carbocycles. The number of hydrogen-bond donors (Lipinski definition) is 0. The van der Waals surface area contributed by atoms with Crippen LogP contribution in [-0.4, -0.2) is 57.3 Å². The minimum absolute atomic E-state index is 0. The summed E-state index contributed by atoms with van der Waals surface area (Å²) in [6.45, 7) is 10.2. The van der Waals surface area contributed by atoms with Crippen LogP contribution in [0.5, 0.6) is 5.75 Å². The minimum atomic E-state index is -0.0536. The van der Waals surface area contributed by atoms with Gasteiger partial charge in [-0.3, -0.25) is 19.1 Å². The number of aromatic nitrogens is 3. The average molecular weight is 537 g/mol. The van der Waals surface area contributed by atoms with Crippen LogP contribution in [-0.2, 0) is 17.8 Å². The highest BCUT2D eigenvalue weighted by Gasteiger charge is 2.18. The molecule has 0 amide bonds. The Balaban J connectivity index is 0.00000336. The van der Waals surface area contributed by atoms with Gasteiger partial charge in [-0.1, -0.05) is 24.3 Å². The maximum Gasteiger partial charge on any atom is 0.263 e. The van der Waals surface area contributed by atoms with Crippen molar-refractivity contribution in [2.45, 2.75) is 40.1 Å². The molecule has 8 nitrogen and oxygen atoms in total. The van der Waals surface area contributed by atoms with Crippen LogP contribution in [0.3, 0.4) is 0 Å². The summed E-state index contributed by atoms with van der Waals surface area (Å²) in [5.41, 5.74) is 3.83. The third-order valence-corrected chi connectivity index (χ3v) is 6.93. The number of fused-ring (bicyclic) bond motifs is 1. The molecule has 1 unspecified atom stereocenters. The second-order valence-corrected chi connectivity index (χ2v) is 9.39. The lowest BCUT2D eigenvalue weighted by molar-refractivity contribution is -0.0373. The molecule has 38 heavy (non-hydrogen) atoms. The van der Waals surface area contributed by atoms with Crippen molar-refractivity contribution in [3.05, 3.63) is 93.7 Å². The summed E-state index contributed by atoms with van der Waals surface area (Å²) in [5, 5.41) is 0.655. The molecule has 1 aliphatic rings. The van der Waals surface area contributed by atoms with E-state index in [2.05, 4.69) is 9.88 Å². The predicted molar refractivity (Wildman–Crippen MR) is 150 cm³/mol. The maximum atomic E-state index is 13.1. The Labute approximate surface area is 228 Å². The second-order valence-electron chi connectivity index (χ2n) is 9.39. The molecule has 2 aromatic carbocycles. The number of carbonyl (C=O) groups is 1. The first-order chi connectivity index (χ1) is 17.9. The van der Waals surface area contributed by atoms with Crippen LogP contribution in [0.2, 0.25) is 0 Å². The molecule has 1 atom stereocenters. The summed E-state index contributed by atoms with van der Waals surface area (Å²) in [6.07, 6.45) is 3.51. The number of benzene rings is 2. The van der Waals surface area contributed by atoms with E-state index in [-0.39, 0.29) is 30.0 Å². The first-order valence-corrected chi connectivity index (χ1v) is 12.7. The fourth-order valence-corrected chi connectivity index (χ4v) is 4.77. The number of ketones is 1. The molecule has 0 saturated carbocycles. The van der Waals surface area contributed by atoms with Gasteiger partial charge in [0.2, 0.25) is 0 Å². The lowest BCUT2D eigenvalue weighted by Gasteiger charge is -2.32. The molecule has 1 aliphatic heterocycles. The van der Waals surface area contributed by atoms with Gasteiger partial charge in [0.1, 0.15) is 17.6 Å². The van der Waals surface area contributed by atoms with Crippen molar-refractivity contribution in [1.82, 2.24) is 19.0 Å². The van der Waals surface area contributed by atoms with Gasteiger partial charge in [0.05, 0.1) is 24.9 Å². The van der Waals surface area contributed by atoms with E-state index in [0.717, 1.165) is 43.2 Å². The number of nitrogens with zero attached hydrogens (tertiary/aromatic N) is 4. The molecule has 5 rings (SSSR count). The molecule has 0 radical (unpaired) electrons. The zero-order valence-corrected chi connectivity index (χ0v) is 22.7. The third-order valence-electron chi connectivity index (χ3n) is 6.93. The van der Waals surface area contributed by atoms with Crippen molar-refractivity contribution in [1.29, 1.82) is 0 Å². The molecule has 0 bridgehead atoms. The molecule has 2 aromatic heterocycles. The first-order valence-electron chi connectivity index (χ1n) is 12.7. The van der Waals surface area contributed by atoms with E-state index >= 15 is 0 Å². The molecular formula is C29H33ClN4O4. The van der Waals surface area contributed by atoms with Crippen molar-refractivity contribution in [3.8, 4) is 5.75 Å². The number of aryl methyl sites for hydroxylation is 2. The normalized spacial score (nSPS) is 14.7. The van der Waals surface area contributed by atoms with Crippen LogP contribution in [0.1, 0.15) is 40.9 Å². The molecule has 200 valence electrons. The SMILES string of the molecule is CCn1cnc2c(c(C)cn2Cc2ccc(C(=O)c3ccc(OC(C)N4CCOCC4)cc3)cc2)c1=O.Cl. The van der Waals surface area contributed by atoms with Crippen LogP contribution in [0.15, 0.2) is 65.8 Å². The van der Waals surface area contributed by atoms with Gasteiger partial charge in [-0.05, 0) is 56.2 Å². The molecule has 1 saturated heterocycles. The fraction of sp³-hybridized carbons (Fsp3) is 0.345. The Bertz CT molecular complexity index is 1460. The van der Waals surface area contributed by atoms with Gasteiger partial charge in [-0.2, -0.15) is 0 Å². The number of rotatable bonds is 8. The summed E-state index contributed by atoms with van der Waals surface area (Å²) in [6, 6.07) is 14.9. The molecule has 1 fully saturated rings. The predicted octanol–water partition coefficient (Wildman–Crippen LogP) is 4.28. The Morgan fingerprint density at radius 3 is 2.29 bits per heavy atom. The highest BCUT2D eigenvalue weighted by molar-refractivity contribution is 6.09. The fourth-order valence-electron chi connectivity index (χ4n) is 4.77. The summed E-state index contributed by atoms with van der Waals surface area (Å²) in [5.74, 6) is 0.697. The Hall–Kier alpha value is -3.46. The number of carbonyl (C=O) groups excluding carboxylic acids is 1. The van der Waals surface area contributed by atoms with Crippen molar-refractivity contribution in [2.24, 2.45) is 0 Å². The molecule has 4 aromatic rings. The van der Waals surface area contributed by atoms with Crippen molar-refractivity contribution in [3.63, 3.8) is 0 Å². The summed E-state index contributed by atoms with van der Waals surface area (Å²) >= 11 is 0. The third kappa shape index (κ3) is 5.67. The topological polar surface area (TPSA) is 78.6 Å². The van der Waals surface area contributed by atoms with Gasteiger partial charge in [-0.25, -0.2) is 4.98 Å². The van der Waals surface area contributed by atoms with Crippen LogP contribution in [0.4, 0.5) is 0 Å². The van der Waals surface area contributed by atoms with Gasteiger partial charge in [-0.15, -0.1) is 12.4 Å². The standard InChI is InChI=1S/C29H32N4O4.ClH/c1-4-31-19-30-28-26(29(31)35)20(2)17-33(28)18-22-5-7-23(8-6-22)27(34)24-9-11-25(12-10-24)37-21(3)32-13-15-36-16-14-32;/h5-12,17,19,21H,4,13-16,18H2,1-3H3;1H. The first kappa shape index (κ1) is 27.6. The Morgan fingerprint density at radius 1 is 1.03 bits per heavy atom. The van der Waals surface area contributed by atoms with E-state index < -0.39 is 0 Å². The summed E-state index contributed by atoms with van der Waals surface area (Å²) < 4.78 is 15.1. The average Bonchev–Trinajstić information content (AvgIpc) is 3.25. The van der Waals surface area contributed by atoms with Crippen molar-refractivity contribution in [2.75, 3.05) is 26.3 Å². The maximum absolute atomic E-state index is 13.1. The highest BCUT2D eigenvalue weighted by atomic mass is 35.5. The zero-order valence-electron chi connectivity index (χ0n) is 21.9. The van der Waals surface area contributed by atoms with Gasteiger partial charge in [0.25, 0.3) is 5.56 Å². The molecule has 0 spiro atoms. The molecule has 0 N–H and O–H groups in total. The molecular weight excluding hydrogens is 504 g/mol. The quantitative estimate of drug-likeness (QED) is 0.313. The molecule has 9 heteroatoms. The van der Waals surface area contributed by atoms with Crippen LogP contribution >= 0.6 is 12.4 Å². The number of halogens is 1. The van der Waals surface area contributed by atoms with Gasteiger partial charge in [0.15, 0.2) is 5.78 Å². The number of ether oxygens (including phenoxy) is 2. The van der Waals surface area contributed by atoms with Crippen molar-refractivity contribution >= 4 is 29.2 Å². The smallest absolute Gasteiger partial charge is 0.263 e. The largest absolute Gasteiger partial charge is 0.475 e. The second kappa shape index (κ2) is 11.9. The van der Waals surface area contributed by atoms with E-state index in [1.54, 1.807) is 23.0 Å². The van der Waals surface area contributed by atoms with Crippen LogP contribution < -0.4 is 10.3 Å². The van der Waals surface area contributed by atoms with E-state index in [1.165, 1.54) is 0 Å². The van der Waals surface area contributed by atoms with Gasteiger partial charge < -0.3 is 14.0 Å². The van der Waals surface area contributed by atoms with E-state index in [4.69, 9.17) is 9.47 Å². The lowest BCUT2D eigenvalue weighted by atomic mass is 10.0. The zero-order chi connectivity index (χ0) is 25.9. The summed E-state index contributed by atoms with van der Waals surface area (Å²) in [4.78, 5) is 32.5. The van der Waals surface area contributed by atoms with Crippen LogP contribution in [0, 0.1) is 6.92 Å². The minimum Gasteiger partial charge on any atom is -0.475 e. The number of morpholine rings is 1. The lowest BCUT2D eigenvalue weighted by Crippen LogP contribution is -2.44. The summed E-state index contributed by atoms with van der Waals surface area (Å²) in [7, 11) is 0. The monoisotopic (exact) mass is 536 g/mol. The van der Waals surface area contributed by atoms with E-state index in [0.29, 0.717) is 35.2 Å².